The lowest BCUT2D eigenvalue weighted by Gasteiger charge is -2.03. The first-order valence-corrected chi connectivity index (χ1v) is 4.41. The molecule has 0 aromatic carbocycles. The lowest BCUT2D eigenvalue weighted by Crippen LogP contribution is -2.20. The van der Waals surface area contributed by atoms with E-state index in [2.05, 4.69) is 11.6 Å². The Morgan fingerprint density at radius 3 is 2.50 bits per heavy atom. The molecule has 0 aliphatic heterocycles. The molecule has 1 nitrogen and oxygen atoms in total. The van der Waals surface area contributed by atoms with Gasteiger partial charge in [0.15, 0.2) is 0 Å². The topological polar surface area (TPSA) is 17.1 Å². The molecule has 0 amide bonds. The number of alkyl halides is 3. The van der Waals surface area contributed by atoms with Crippen LogP contribution in [0.3, 0.4) is 0 Å². The van der Waals surface area contributed by atoms with Gasteiger partial charge in [0.05, 0.1) is 5.56 Å². The van der Waals surface area contributed by atoms with Crippen LogP contribution in [0.1, 0.15) is 10.4 Å². The third-order valence-corrected chi connectivity index (χ3v) is 2.46. The molecule has 0 fully saturated rings. The zero-order valence-corrected chi connectivity index (χ0v) is 7.81. The van der Waals surface area contributed by atoms with Gasteiger partial charge in [0.1, 0.15) is 4.34 Å². The van der Waals surface area contributed by atoms with E-state index in [1.165, 1.54) is 11.4 Å². The summed E-state index contributed by atoms with van der Waals surface area (Å²) in [6.45, 7) is 0. The van der Waals surface area contributed by atoms with Gasteiger partial charge in [-0.15, -0.1) is 11.3 Å². The van der Waals surface area contributed by atoms with Crippen molar-refractivity contribution in [3.63, 3.8) is 0 Å². The summed E-state index contributed by atoms with van der Waals surface area (Å²) in [5.41, 5.74) is -0.235. The van der Waals surface area contributed by atoms with Crippen LogP contribution < -0.4 is 0 Å². The molecular weight excluding hydrogens is 229 g/mol. The molecule has 0 spiro atoms. The van der Waals surface area contributed by atoms with Gasteiger partial charge in [0.25, 0.3) is 0 Å². The summed E-state index contributed by atoms with van der Waals surface area (Å²) in [6.07, 6.45) is 0. The second-order valence-corrected chi connectivity index (χ2v) is 3.93. The zero-order chi connectivity index (χ0) is 9.35. The molecule has 1 heterocycles. The fourth-order valence-electron chi connectivity index (χ4n) is 0.608. The van der Waals surface area contributed by atoms with E-state index < -0.39 is 11.2 Å². The summed E-state index contributed by atoms with van der Waals surface area (Å²) in [6, 6.07) is 1.21. The number of halogens is 4. The molecule has 0 bridgehead atoms. The van der Waals surface area contributed by atoms with Gasteiger partial charge < -0.3 is 0 Å². The Morgan fingerprint density at radius 1 is 1.58 bits per heavy atom. The van der Waals surface area contributed by atoms with Crippen LogP contribution in [0.5, 0.6) is 0 Å². The van der Waals surface area contributed by atoms with E-state index in [1.807, 2.05) is 0 Å². The van der Waals surface area contributed by atoms with Crippen molar-refractivity contribution in [2.24, 2.45) is 0 Å². The Balaban J connectivity index is 3.01. The summed E-state index contributed by atoms with van der Waals surface area (Å²) in [7, 11) is 0. The number of rotatable bonds is 2. The second-order valence-electron chi connectivity index (χ2n) is 1.93. The summed E-state index contributed by atoms with van der Waals surface area (Å²) >= 11 is 11.0. The van der Waals surface area contributed by atoms with Crippen LogP contribution in [0.15, 0.2) is 11.4 Å². The van der Waals surface area contributed by atoms with Crippen molar-refractivity contribution in [2.45, 2.75) is 5.38 Å². The molecule has 0 N–H and O–H groups in total. The highest BCUT2D eigenvalue weighted by Crippen LogP contribution is 2.30. The molecule has 1 rings (SSSR count). The predicted molar refractivity (Wildman–Crippen MR) is 44.5 cm³/mol. The predicted octanol–water partition coefficient (Wildman–Crippen LogP) is 3.42. The van der Waals surface area contributed by atoms with E-state index in [4.69, 9.17) is 11.6 Å². The van der Waals surface area contributed by atoms with Crippen LogP contribution in [0.2, 0.25) is 4.34 Å². The largest absolute Gasteiger partial charge is 0.385 e. The second kappa shape index (κ2) is 3.28. The third kappa shape index (κ3) is 1.94. The average Bonchev–Trinajstić information content (AvgIpc) is 2.31. The molecule has 1 aromatic heterocycles. The Kier molecular flexibility index (Phi) is 2.70. The molecule has 12 heavy (non-hydrogen) atoms. The summed E-state index contributed by atoms with van der Waals surface area (Å²) in [5, 5.41) is -2.43. The van der Waals surface area contributed by atoms with Gasteiger partial charge in [-0.3, -0.25) is 4.79 Å². The van der Waals surface area contributed by atoms with Gasteiger partial charge in [-0.1, -0.05) is 11.6 Å². The fourth-order valence-corrected chi connectivity index (χ4v) is 1.62. The fraction of sp³-hybridized carbons (Fsp3) is 0.167. The Morgan fingerprint density at radius 2 is 2.17 bits per heavy atom. The first-order valence-electron chi connectivity index (χ1n) is 2.77. The molecule has 0 aliphatic rings. The van der Waals surface area contributed by atoms with E-state index in [0.29, 0.717) is 0 Å². The number of Topliss-reactive ketones (excluding diaryl/α,β-unsaturated/α-hetero) is 1. The van der Waals surface area contributed by atoms with Crippen molar-refractivity contribution in [1.82, 2.24) is 0 Å². The first kappa shape index (κ1) is 9.89. The minimum absolute atomic E-state index is 0.0281. The highest BCUT2D eigenvalue weighted by atomic mass is 35.5. The van der Waals surface area contributed by atoms with E-state index in [1.54, 1.807) is 0 Å². The van der Waals surface area contributed by atoms with Crippen LogP contribution >= 0.6 is 34.5 Å². The quantitative estimate of drug-likeness (QED) is 0.563. The maximum absolute atomic E-state index is 12.2. The van der Waals surface area contributed by atoms with Crippen molar-refractivity contribution in [2.75, 3.05) is 0 Å². The maximum Gasteiger partial charge on any atom is 0.385 e. The minimum Gasteiger partial charge on any atom is -0.286 e. The van der Waals surface area contributed by atoms with Gasteiger partial charge in [-0.2, -0.15) is 8.78 Å². The normalized spacial score (nSPS) is 11.7. The van der Waals surface area contributed by atoms with Gasteiger partial charge in [0, 0.05) is 0 Å². The van der Waals surface area contributed by atoms with Crippen LogP contribution in [-0.4, -0.2) is 11.2 Å². The lowest BCUT2D eigenvalue weighted by atomic mass is 10.2. The Hall–Kier alpha value is -0.190. The first-order chi connectivity index (χ1) is 5.43. The standard InChI is InChI=1S/C6H2Cl2F2OS/c7-5-3(1-2-12-5)4(11)6(8,9)10/h1-2H. The van der Waals surface area contributed by atoms with Gasteiger partial charge in [-0.05, 0) is 23.0 Å². The molecule has 0 saturated heterocycles. The highest BCUT2D eigenvalue weighted by molar-refractivity contribution is 7.14. The molecule has 6 heteroatoms. The smallest absolute Gasteiger partial charge is 0.286 e. The molecule has 1 aromatic rings. The zero-order valence-electron chi connectivity index (χ0n) is 5.48. The number of hydrogen-bond donors (Lipinski definition) is 0. The van der Waals surface area contributed by atoms with Crippen LogP contribution in [-0.2, 0) is 0 Å². The number of carbonyl (C=O) groups excluding carboxylic acids is 1. The summed E-state index contributed by atoms with van der Waals surface area (Å²) in [5.74, 6) is -1.46. The van der Waals surface area contributed by atoms with Crippen LogP contribution in [0.25, 0.3) is 0 Å². The van der Waals surface area contributed by atoms with Crippen molar-refractivity contribution >= 4 is 40.3 Å². The SMILES string of the molecule is O=C(c1ccsc1Cl)C(F)(F)Cl. The van der Waals surface area contributed by atoms with E-state index in [-0.39, 0.29) is 9.90 Å². The van der Waals surface area contributed by atoms with Crippen molar-refractivity contribution in [3.8, 4) is 0 Å². The molecule has 0 saturated carbocycles. The van der Waals surface area contributed by atoms with Gasteiger partial charge in [-0.25, -0.2) is 0 Å². The Labute approximate surface area is 80.9 Å². The number of thiophene rings is 1. The minimum atomic E-state index is -3.87. The number of carbonyl (C=O) groups is 1. The van der Waals surface area contributed by atoms with Crippen LogP contribution in [0, 0.1) is 0 Å². The summed E-state index contributed by atoms with van der Waals surface area (Å²) < 4.78 is 24.5. The van der Waals surface area contributed by atoms with Gasteiger partial charge >= 0.3 is 5.38 Å². The number of ketones is 1. The molecule has 0 radical (unpaired) electrons. The van der Waals surface area contributed by atoms with Crippen molar-refractivity contribution in [1.29, 1.82) is 0 Å². The number of hydrogen-bond acceptors (Lipinski definition) is 2. The monoisotopic (exact) mass is 230 g/mol. The molecule has 0 atom stereocenters. The average molecular weight is 231 g/mol. The highest BCUT2D eigenvalue weighted by Gasteiger charge is 2.37. The molecule has 0 aliphatic carbocycles. The summed E-state index contributed by atoms with van der Waals surface area (Å²) in [4.78, 5) is 10.8. The van der Waals surface area contributed by atoms with E-state index in [0.717, 1.165) is 11.3 Å². The molecule has 66 valence electrons. The van der Waals surface area contributed by atoms with E-state index in [9.17, 15) is 13.6 Å². The lowest BCUT2D eigenvalue weighted by molar-refractivity contribution is 0.0537. The van der Waals surface area contributed by atoms with E-state index >= 15 is 0 Å². The molecule has 0 unspecified atom stereocenters. The van der Waals surface area contributed by atoms with Crippen LogP contribution in [0.4, 0.5) is 8.78 Å². The maximum atomic E-state index is 12.2. The van der Waals surface area contributed by atoms with Crippen molar-refractivity contribution in [3.05, 3.63) is 21.3 Å². The third-order valence-electron chi connectivity index (χ3n) is 1.12. The Bertz CT molecular complexity index is 305. The van der Waals surface area contributed by atoms with Crippen molar-refractivity contribution < 1.29 is 13.6 Å². The molecular formula is C6H2Cl2F2OS. The van der Waals surface area contributed by atoms with Gasteiger partial charge in [0.2, 0.25) is 5.78 Å².